The topological polar surface area (TPSA) is 27.3 Å². The van der Waals surface area contributed by atoms with Crippen molar-refractivity contribution in [2.45, 2.75) is 31.8 Å². The number of hydrazine groups is 1. The Balaban J connectivity index is 0.00000141. The van der Waals surface area contributed by atoms with E-state index < -0.39 is 0 Å². The maximum absolute atomic E-state index is 4.32. The number of hydrogen-bond acceptors (Lipinski definition) is 4. The van der Waals surface area contributed by atoms with Crippen LogP contribution in [0.5, 0.6) is 0 Å². The molecule has 4 aromatic carbocycles. The Labute approximate surface area is 197 Å². The van der Waals surface area contributed by atoms with Crippen molar-refractivity contribution in [3.05, 3.63) is 120 Å². The van der Waals surface area contributed by atoms with Gasteiger partial charge in [-0.1, -0.05) is 74.5 Å². The first-order valence-electron chi connectivity index (χ1n) is 11.0. The SMILES string of the molecule is CC.Sc1ccc(NNc2ccc(N(Cc3ccccc3)Cc3ccccc3)cc2)cc1. The Bertz CT molecular complexity index is 992. The Kier molecular flexibility index (Phi) is 9.08. The fraction of sp³-hybridized carbons (Fsp3) is 0.143. The van der Waals surface area contributed by atoms with Gasteiger partial charge in [-0.25, -0.2) is 0 Å². The van der Waals surface area contributed by atoms with Crippen LogP contribution in [0.4, 0.5) is 17.1 Å². The lowest BCUT2D eigenvalue weighted by Crippen LogP contribution is -2.22. The number of anilines is 3. The molecule has 32 heavy (non-hydrogen) atoms. The quantitative estimate of drug-likeness (QED) is 0.194. The van der Waals surface area contributed by atoms with Gasteiger partial charge in [-0.2, -0.15) is 0 Å². The summed E-state index contributed by atoms with van der Waals surface area (Å²) in [5.74, 6) is 0. The zero-order valence-electron chi connectivity index (χ0n) is 18.7. The molecule has 0 spiro atoms. The highest BCUT2D eigenvalue weighted by molar-refractivity contribution is 7.80. The van der Waals surface area contributed by atoms with E-state index in [9.17, 15) is 0 Å². The molecular formula is C28H31N3S. The fourth-order valence-corrected chi connectivity index (χ4v) is 3.44. The number of nitrogens with zero attached hydrogens (tertiary/aromatic N) is 1. The summed E-state index contributed by atoms with van der Waals surface area (Å²) in [6, 6.07) is 37.6. The highest BCUT2D eigenvalue weighted by Crippen LogP contribution is 2.23. The van der Waals surface area contributed by atoms with Crippen molar-refractivity contribution < 1.29 is 0 Å². The Morgan fingerprint density at radius 3 is 1.41 bits per heavy atom. The van der Waals surface area contributed by atoms with Crippen molar-refractivity contribution in [2.75, 3.05) is 15.8 Å². The second-order valence-electron chi connectivity index (χ2n) is 7.17. The van der Waals surface area contributed by atoms with Crippen LogP contribution in [0.2, 0.25) is 0 Å². The van der Waals surface area contributed by atoms with Crippen molar-refractivity contribution in [3.63, 3.8) is 0 Å². The molecule has 0 unspecified atom stereocenters. The van der Waals surface area contributed by atoms with Crippen molar-refractivity contribution in [3.8, 4) is 0 Å². The predicted octanol–water partition coefficient (Wildman–Crippen LogP) is 7.65. The van der Waals surface area contributed by atoms with Crippen LogP contribution < -0.4 is 15.8 Å². The van der Waals surface area contributed by atoms with Crippen LogP contribution in [0.1, 0.15) is 25.0 Å². The molecule has 0 bridgehead atoms. The van der Waals surface area contributed by atoms with Crippen LogP contribution in [0, 0.1) is 0 Å². The second-order valence-corrected chi connectivity index (χ2v) is 7.69. The lowest BCUT2D eigenvalue weighted by atomic mass is 10.1. The second kappa shape index (κ2) is 12.5. The minimum atomic E-state index is 0.858. The molecule has 0 fully saturated rings. The molecule has 164 valence electrons. The molecule has 0 saturated heterocycles. The maximum atomic E-state index is 4.32. The summed E-state index contributed by atoms with van der Waals surface area (Å²) in [5, 5.41) is 0. The van der Waals surface area contributed by atoms with Crippen molar-refractivity contribution in [1.29, 1.82) is 0 Å². The molecule has 0 radical (unpaired) electrons. The van der Waals surface area contributed by atoms with Gasteiger partial charge in [0.15, 0.2) is 0 Å². The van der Waals surface area contributed by atoms with Gasteiger partial charge in [0.05, 0.1) is 11.4 Å². The van der Waals surface area contributed by atoms with E-state index in [1.807, 2.05) is 38.1 Å². The summed E-state index contributed by atoms with van der Waals surface area (Å²) in [7, 11) is 0. The molecule has 4 aromatic rings. The summed E-state index contributed by atoms with van der Waals surface area (Å²) >= 11 is 4.32. The summed E-state index contributed by atoms with van der Waals surface area (Å²) in [6.07, 6.45) is 0. The minimum Gasteiger partial charge on any atom is -0.363 e. The van der Waals surface area contributed by atoms with Gasteiger partial charge in [-0.3, -0.25) is 0 Å². The molecule has 0 aliphatic carbocycles. The normalized spacial score (nSPS) is 9.97. The third-order valence-electron chi connectivity index (χ3n) is 4.88. The zero-order valence-corrected chi connectivity index (χ0v) is 19.6. The van der Waals surface area contributed by atoms with Crippen LogP contribution in [-0.4, -0.2) is 0 Å². The molecule has 4 heteroatoms. The van der Waals surface area contributed by atoms with Crippen LogP contribution in [0.15, 0.2) is 114 Å². The third-order valence-corrected chi connectivity index (χ3v) is 5.18. The van der Waals surface area contributed by atoms with Gasteiger partial charge in [-0.05, 0) is 59.7 Å². The minimum absolute atomic E-state index is 0.858. The van der Waals surface area contributed by atoms with Gasteiger partial charge in [0.25, 0.3) is 0 Å². The van der Waals surface area contributed by atoms with Crippen LogP contribution in [0.3, 0.4) is 0 Å². The summed E-state index contributed by atoms with van der Waals surface area (Å²) in [6.45, 7) is 5.72. The standard InChI is InChI=1S/C26H25N3S.C2H6/c30-26-17-13-24(14-18-26)28-27-23-11-15-25(16-12-23)29(19-21-7-3-1-4-8-21)20-22-9-5-2-6-10-22;1-2/h1-18,27-28,30H,19-20H2;1-2H3. The summed E-state index contributed by atoms with van der Waals surface area (Å²) in [5.41, 5.74) is 12.3. The lowest BCUT2D eigenvalue weighted by Gasteiger charge is -2.25. The number of hydrogen-bond donors (Lipinski definition) is 3. The first kappa shape index (κ1) is 23.3. The molecule has 2 N–H and O–H groups in total. The number of nitrogens with one attached hydrogen (secondary N) is 2. The summed E-state index contributed by atoms with van der Waals surface area (Å²) < 4.78 is 0. The molecule has 0 amide bonds. The average molecular weight is 442 g/mol. The van der Waals surface area contributed by atoms with E-state index in [0.29, 0.717) is 0 Å². The molecule has 0 saturated carbocycles. The highest BCUT2D eigenvalue weighted by atomic mass is 32.1. The lowest BCUT2D eigenvalue weighted by molar-refractivity contribution is 0.800. The largest absolute Gasteiger partial charge is 0.363 e. The maximum Gasteiger partial charge on any atom is 0.0541 e. The monoisotopic (exact) mass is 441 g/mol. The van der Waals surface area contributed by atoms with Crippen LogP contribution >= 0.6 is 12.6 Å². The first-order valence-corrected chi connectivity index (χ1v) is 11.4. The van der Waals surface area contributed by atoms with Gasteiger partial charge in [0.1, 0.15) is 0 Å². The van der Waals surface area contributed by atoms with E-state index >= 15 is 0 Å². The number of thiol groups is 1. The van der Waals surface area contributed by atoms with E-state index in [0.717, 1.165) is 29.4 Å². The van der Waals surface area contributed by atoms with Gasteiger partial charge in [-0.15, -0.1) is 12.6 Å². The molecule has 4 rings (SSSR count). The van der Waals surface area contributed by atoms with Gasteiger partial charge in [0, 0.05) is 23.7 Å². The van der Waals surface area contributed by atoms with Crippen molar-refractivity contribution in [1.82, 2.24) is 0 Å². The molecule has 0 heterocycles. The van der Waals surface area contributed by atoms with Gasteiger partial charge >= 0.3 is 0 Å². The molecule has 3 nitrogen and oxygen atoms in total. The predicted molar refractivity (Wildman–Crippen MR) is 142 cm³/mol. The first-order chi connectivity index (χ1) is 15.8. The van der Waals surface area contributed by atoms with Crippen LogP contribution in [-0.2, 0) is 13.1 Å². The van der Waals surface area contributed by atoms with E-state index in [2.05, 4.69) is 113 Å². The smallest absolute Gasteiger partial charge is 0.0541 e. The zero-order chi connectivity index (χ0) is 22.6. The average Bonchev–Trinajstić information content (AvgIpc) is 2.86. The van der Waals surface area contributed by atoms with E-state index in [1.165, 1.54) is 16.8 Å². The van der Waals surface area contributed by atoms with Crippen molar-refractivity contribution >= 4 is 29.7 Å². The molecular weight excluding hydrogens is 410 g/mol. The molecule has 0 aromatic heterocycles. The summed E-state index contributed by atoms with van der Waals surface area (Å²) in [4.78, 5) is 3.34. The van der Waals surface area contributed by atoms with Crippen LogP contribution in [0.25, 0.3) is 0 Å². The Hall–Kier alpha value is -3.37. The number of rotatable bonds is 8. The number of benzene rings is 4. The molecule has 0 aliphatic rings. The van der Waals surface area contributed by atoms with E-state index in [4.69, 9.17) is 0 Å². The Morgan fingerprint density at radius 2 is 0.969 bits per heavy atom. The molecule has 0 atom stereocenters. The highest BCUT2D eigenvalue weighted by Gasteiger charge is 2.09. The third kappa shape index (κ3) is 7.10. The van der Waals surface area contributed by atoms with Gasteiger partial charge < -0.3 is 15.8 Å². The van der Waals surface area contributed by atoms with E-state index in [-0.39, 0.29) is 0 Å². The fourth-order valence-electron chi connectivity index (χ4n) is 3.29. The van der Waals surface area contributed by atoms with E-state index in [1.54, 1.807) is 0 Å². The Morgan fingerprint density at radius 1 is 0.562 bits per heavy atom. The molecule has 0 aliphatic heterocycles. The van der Waals surface area contributed by atoms with Gasteiger partial charge in [0.2, 0.25) is 0 Å². The van der Waals surface area contributed by atoms with Crippen molar-refractivity contribution in [2.24, 2.45) is 0 Å².